The molecule has 0 radical (unpaired) electrons. The van der Waals surface area contributed by atoms with Crippen LogP contribution < -0.4 is 0 Å². The average molecular weight is 369 g/mol. The molecule has 2 aliphatic carbocycles. The van der Waals surface area contributed by atoms with E-state index in [0.717, 1.165) is 35.0 Å². The molecule has 28 heavy (non-hydrogen) atoms. The van der Waals surface area contributed by atoms with Crippen LogP contribution in [0.4, 0.5) is 0 Å². The molecule has 4 rings (SSSR count). The molecule has 1 aromatic heterocycles. The van der Waals surface area contributed by atoms with E-state index in [9.17, 15) is 9.59 Å². The lowest BCUT2D eigenvalue weighted by Gasteiger charge is -2.15. The van der Waals surface area contributed by atoms with Crippen molar-refractivity contribution >= 4 is 23.9 Å². The summed E-state index contributed by atoms with van der Waals surface area (Å²) in [7, 11) is 0. The van der Waals surface area contributed by atoms with E-state index in [1.807, 2.05) is 36.4 Å². The Morgan fingerprint density at radius 1 is 1.14 bits per heavy atom. The molecule has 4 heteroatoms. The first kappa shape index (κ1) is 17.9. The molecule has 0 unspecified atom stereocenters. The van der Waals surface area contributed by atoms with Crippen LogP contribution in [0.2, 0.25) is 0 Å². The van der Waals surface area contributed by atoms with Crippen molar-refractivity contribution in [2.75, 3.05) is 6.61 Å². The number of pyridine rings is 1. The van der Waals surface area contributed by atoms with Crippen molar-refractivity contribution in [3.05, 3.63) is 88.7 Å². The Kier molecular flexibility index (Phi) is 4.85. The standard InChI is InChI=1S/C24H19NO3/c1-2-28-24(27)22-14-21-19-6-4-3-5-16(13-19)9-12-20(21)23(25-22)18-10-7-17(15-26)8-11-18/h3-12,14-15H,2,13H2,1H3. The third kappa shape index (κ3) is 3.37. The number of hydrogen-bond donors (Lipinski definition) is 0. The van der Waals surface area contributed by atoms with Gasteiger partial charge in [0.15, 0.2) is 0 Å². The lowest BCUT2D eigenvalue weighted by molar-refractivity contribution is 0.0519. The van der Waals surface area contributed by atoms with Crippen molar-refractivity contribution < 1.29 is 14.3 Å². The molecule has 138 valence electrons. The smallest absolute Gasteiger partial charge is 0.356 e. The highest BCUT2D eigenvalue weighted by Gasteiger charge is 2.21. The number of carbonyl (C=O) groups is 2. The van der Waals surface area contributed by atoms with Gasteiger partial charge in [-0.3, -0.25) is 4.79 Å². The summed E-state index contributed by atoms with van der Waals surface area (Å²) in [6, 6.07) is 9.02. The van der Waals surface area contributed by atoms with Gasteiger partial charge in [-0.1, -0.05) is 60.7 Å². The molecule has 2 aliphatic rings. The molecular weight excluding hydrogens is 350 g/mol. The summed E-state index contributed by atoms with van der Waals surface area (Å²) >= 11 is 0. The summed E-state index contributed by atoms with van der Waals surface area (Å²) in [5, 5.41) is 0. The Morgan fingerprint density at radius 2 is 1.93 bits per heavy atom. The molecule has 4 nitrogen and oxygen atoms in total. The van der Waals surface area contributed by atoms with Crippen LogP contribution in [-0.2, 0) is 4.74 Å². The Hall–Kier alpha value is -3.53. The van der Waals surface area contributed by atoms with Gasteiger partial charge >= 0.3 is 5.97 Å². The molecule has 0 N–H and O–H groups in total. The first-order chi connectivity index (χ1) is 13.7. The Balaban J connectivity index is 1.96. The zero-order valence-corrected chi connectivity index (χ0v) is 15.5. The van der Waals surface area contributed by atoms with Gasteiger partial charge < -0.3 is 4.74 Å². The third-order valence-corrected chi connectivity index (χ3v) is 4.79. The van der Waals surface area contributed by atoms with Gasteiger partial charge in [0.05, 0.1) is 12.3 Å². The van der Waals surface area contributed by atoms with Crippen molar-refractivity contribution in [2.45, 2.75) is 13.3 Å². The highest BCUT2D eigenvalue weighted by molar-refractivity contribution is 5.94. The summed E-state index contributed by atoms with van der Waals surface area (Å²) in [6.07, 6.45) is 13.9. The molecule has 0 atom stereocenters. The fourth-order valence-electron chi connectivity index (χ4n) is 3.42. The van der Waals surface area contributed by atoms with Crippen LogP contribution in [0.25, 0.3) is 22.9 Å². The third-order valence-electron chi connectivity index (χ3n) is 4.79. The highest BCUT2D eigenvalue weighted by atomic mass is 16.5. The molecule has 0 saturated carbocycles. The van der Waals surface area contributed by atoms with Crippen LogP contribution in [0.1, 0.15) is 45.3 Å². The van der Waals surface area contributed by atoms with Gasteiger partial charge in [0, 0.05) is 16.7 Å². The van der Waals surface area contributed by atoms with E-state index in [-0.39, 0.29) is 5.69 Å². The van der Waals surface area contributed by atoms with Crippen LogP contribution in [0, 0.1) is 0 Å². The summed E-state index contributed by atoms with van der Waals surface area (Å²) in [4.78, 5) is 28.1. The number of aromatic nitrogens is 1. The van der Waals surface area contributed by atoms with Gasteiger partial charge in [0.25, 0.3) is 0 Å². The minimum Gasteiger partial charge on any atom is -0.461 e. The predicted molar refractivity (Wildman–Crippen MR) is 110 cm³/mol. The second-order valence-electron chi connectivity index (χ2n) is 6.61. The fraction of sp³-hybridized carbons (Fsp3) is 0.125. The maximum absolute atomic E-state index is 12.4. The minimum absolute atomic E-state index is 0.282. The van der Waals surface area contributed by atoms with Crippen LogP contribution in [0.5, 0.6) is 0 Å². The van der Waals surface area contributed by atoms with Gasteiger partial charge in [-0.15, -0.1) is 0 Å². The zero-order valence-electron chi connectivity index (χ0n) is 15.5. The van der Waals surface area contributed by atoms with E-state index in [2.05, 4.69) is 23.2 Å². The number of ether oxygens (including phenoxy) is 1. The molecule has 0 saturated heterocycles. The fourth-order valence-corrected chi connectivity index (χ4v) is 3.42. The van der Waals surface area contributed by atoms with Gasteiger partial charge in [-0.05, 0) is 36.1 Å². The van der Waals surface area contributed by atoms with E-state index >= 15 is 0 Å². The van der Waals surface area contributed by atoms with E-state index in [1.165, 1.54) is 5.57 Å². The number of benzene rings is 1. The number of hydrogen-bond acceptors (Lipinski definition) is 4. The quantitative estimate of drug-likeness (QED) is 0.560. The second kappa shape index (κ2) is 7.61. The van der Waals surface area contributed by atoms with Crippen LogP contribution in [0.3, 0.4) is 0 Å². The Labute approximate surface area is 163 Å². The Morgan fingerprint density at radius 3 is 2.68 bits per heavy atom. The second-order valence-corrected chi connectivity index (χ2v) is 6.61. The molecule has 2 bridgehead atoms. The molecule has 1 heterocycles. The summed E-state index contributed by atoms with van der Waals surface area (Å²) in [6.45, 7) is 2.07. The maximum atomic E-state index is 12.4. The monoisotopic (exact) mass is 369 g/mol. The van der Waals surface area contributed by atoms with E-state index in [4.69, 9.17) is 4.74 Å². The minimum atomic E-state index is -0.440. The first-order valence-electron chi connectivity index (χ1n) is 9.22. The predicted octanol–water partition coefficient (Wildman–Crippen LogP) is 5.03. The van der Waals surface area contributed by atoms with Crippen molar-refractivity contribution in [1.29, 1.82) is 0 Å². The summed E-state index contributed by atoms with van der Waals surface area (Å²) < 4.78 is 5.20. The molecule has 0 aliphatic heterocycles. The molecule has 0 spiro atoms. The molecule has 0 amide bonds. The van der Waals surface area contributed by atoms with Crippen LogP contribution in [0.15, 0.2) is 66.3 Å². The molecule has 0 fully saturated rings. The number of esters is 1. The van der Waals surface area contributed by atoms with Crippen LogP contribution >= 0.6 is 0 Å². The topological polar surface area (TPSA) is 56.3 Å². The number of rotatable bonds is 4. The number of nitrogens with zero attached hydrogens (tertiary/aromatic N) is 1. The van der Waals surface area contributed by atoms with Gasteiger partial charge in [-0.25, -0.2) is 9.78 Å². The maximum Gasteiger partial charge on any atom is 0.356 e. The summed E-state index contributed by atoms with van der Waals surface area (Å²) in [5.41, 5.74) is 6.66. The van der Waals surface area contributed by atoms with Gasteiger partial charge in [0.1, 0.15) is 12.0 Å². The lowest BCUT2D eigenvalue weighted by Crippen LogP contribution is -2.10. The SMILES string of the molecule is CCOC(=O)c1cc2c(c(-c3ccc(C=O)cc3)n1)C=CC1=CC=CC=C2C1. The molecule has 2 aromatic rings. The first-order valence-corrected chi connectivity index (χ1v) is 9.22. The van der Waals surface area contributed by atoms with Crippen molar-refractivity contribution in [3.63, 3.8) is 0 Å². The average Bonchev–Trinajstić information content (AvgIpc) is 3.07. The van der Waals surface area contributed by atoms with Crippen LogP contribution in [-0.4, -0.2) is 23.8 Å². The Bertz CT molecular complexity index is 1070. The molecular formula is C24H19NO3. The number of carbonyl (C=O) groups excluding carboxylic acids is 2. The van der Waals surface area contributed by atoms with Crippen molar-refractivity contribution in [2.24, 2.45) is 0 Å². The zero-order chi connectivity index (χ0) is 19.5. The van der Waals surface area contributed by atoms with Gasteiger partial charge in [0.2, 0.25) is 0 Å². The normalized spacial score (nSPS) is 14.3. The number of allylic oxidation sites excluding steroid dienone is 7. The largest absolute Gasteiger partial charge is 0.461 e. The van der Waals surface area contributed by atoms with E-state index in [0.29, 0.717) is 17.9 Å². The van der Waals surface area contributed by atoms with E-state index < -0.39 is 5.97 Å². The summed E-state index contributed by atoms with van der Waals surface area (Å²) in [5.74, 6) is -0.440. The van der Waals surface area contributed by atoms with Crippen molar-refractivity contribution in [3.8, 4) is 11.3 Å². The highest BCUT2D eigenvalue weighted by Crippen LogP contribution is 2.37. The van der Waals surface area contributed by atoms with E-state index in [1.54, 1.807) is 19.1 Å². The lowest BCUT2D eigenvalue weighted by atomic mass is 9.93. The number of aldehydes is 1. The number of fused-ring (bicyclic) bond motifs is 4. The molecule has 1 aromatic carbocycles. The van der Waals surface area contributed by atoms with Gasteiger partial charge in [-0.2, -0.15) is 0 Å². The van der Waals surface area contributed by atoms with Crippen molar-refractivity contribution in [1.82, 2.24) is 4.98 Å².